The van der Waals surface area contributed by atoms with Gasteiger partial charge in [0, 0.05) is 6.54 Å². The van der Waals surface area contributed by atoms with Gasteiger partial charge in [0.15, 0.2) is 0 Å². The lowest BCUT2D eigenvalue weighted by Crippen LogP contribution is -2.51. The summed E-state index contributed by atoms with van der Waals surface area (Å²) in [4.78, 5) is 11.8. The van der Waals surface area contributed by atoms with Gasteiger partial charge < -0.3 is 11.1 Å². The molecule has 1 saturated carbocycles. The summed E-state index contributed by atoms with van der Waals surface area (Å²) in [5, 5.41) is 2.97. The Labute approximate surface area is 106 Å². The molecule has 0 radical (unpaired) electrons. The second-order valence-electron chi connectivity index (χ2n) is 5.72. The van der Waals surface area contributed by atoms with Crippen LogP contribution in [0.4, 0.5) is 0 Å². The van der Waals surface area contributed by atoms with Crippen molar-refractivity contribution in [2.24, 2.45) is 11.7 Å². The molecule has 1 fully saturated rings. The second kappa shape index (κ2) is 7.00. The van der Waals surface area contributed by atoms with E-state index in [1.54, 1.807) is 0 Å². The number of hydrogen-bond donors (Lipinski definition) is 2. The fourth-order valence-corrected chi connectivity index (χ4v) is 2.73. The first kappa shape index (κ1) is 14.5. The van der Waals surface area contributed by atoms with E-state index < -0.39 is 5.54 Å². The molecule has 17 heavy (non-hydrogen) atoms. The summed E-state index contributed by atoms with van der Waals surface area (Å²) in [6.07, 6.45) is 9.62. The van der Waals surface area contributed by atoms with Gasteiger partial charge in [0.1, 0.15) is 0 Å². The molecule has 0 spiro atoms. The molecule has 0 bridgehead atoms. The Balaban J connectivity index is 2.10. The number of rotatable bonds is 7. The fourth-order valence-electron chi connectivity index (χ4n) is 2.73. The maximum absolute atomic E-state index is 11.8. The Morgan fingerprint density at radius 3 is 2.65 bits per heavy atom. The largest absolute Gasteiger partial charge is 0.355 e. The van der Waals surface area contributed by atoms with E-state index in [9.17, 15) is 4.79 Å². The molecule has 0 aliphatic heterocycles. The molecule has 1 aliphatic rings. The van der Waals surface area contributed by atoms with Gasteiger partial charge in [-0.3, -0.25) is 4.79 Å². The van der Waals surface area contributed by atoms with Crippen molar-refractivity contribution in [3.8, 4) is 0 Å². The van der Waals surface area contributed by atoms with Gasteiger partial charge in [-0.2, -0.15) is 0 Å². The van der Waals surface area contributed by atoms with Crippen LogP contribution in [-0.2, 0) is 4.79 Å². The summed E-state index contributed by atoms with van der Waals surface area (Å²) in [6, 6.07) is 0. The average Bonchev–Trinajstić information content (AvgIpc) is 2.76. The third-order valence-electron chi connectivity index (χ3n) is 3.84. The molecule has 3 N–H and O–H groups in total. The van der Waals surface area contributed by atoms with Crippen molar-refractivity contribution in [3.63, 3.8) is 0 Å². The molecule has 100 valence electrons. The van der Waals surface area contributed by atoms with Gasteiger partial charge in [-0.25, -0.2) is 0 Å². The molecule has 3 heteroatoms. The van der Waals surface area contributed by atoms with Gasteiger partial charge in [0.2, 0.25) is 5.91 Å². The number of hydrogen-bond acceptors (Lipinski definition) is 2. The zero-order chi connectivity index (χ0) is 12.7. The molecule has 1 atom stereocenters. The summed E-state index contributed by atoms with van der Waals surface area (Å²) in [6.45, 7) is 4.66. The van der Waals surface area contributed by atoms with Crippen molar-refractivity contribution in [1.82, 2.24) is 5.32 Å². The number of carbonyl (C=O) groups is 1. The standard InChI is InChI=1S/C14H28N2O/c1-3-10-14(2,15)13(17)16-11-6-9-12-7-4-5-8-12/h12H,3-11,15H2,1-2H3,(H,16,17). The molecule has 1 amide bonds. The van der Waals surface area contributed by atoms with E-state index >= 15 is 0 Å². The molecule has 1 rings (SSSR count). The minimum atomic E-state index is -0.692. The third kappa shape index (κ3) is 5.07. The zero-order valence-electron chi connectivity index (χ0n) is 11.4. The van der Waals surface area contributed by atoms with Crippen LogP contribution in [0.2, 0.25) is 0 Å². The van der Waals surface area contributed by atoms with Crippen molar-refractivity contribution < 1.29 is 4.79 Å². The van der Waals surface area contributed by atoms with Crippen LogP contribution in [0.25, 0.3) is 0 Å². The SMILES string of the molecule is CCCC(C)(N)C(=O)NCCCC1CCCC1. The third-order valence-corrected chi connectivity index (χ3v) is 3.84. The molecule has 0 aromatic heterocycles. The normalized spacial score (nSPS) is 20.2. The van der Waals surface area contributed by atoms with E-state index in [1.807, 2.05) is 6.92 Å². The monoisotopic (exact) mass is 240 g/mol. The topological polar surface area (TPSA) is 55.1 Å². The Morgan fingerprint density at radius 1 is 1.41 bits per heavy atom. The van der Waals surface area contributed by atoms with Crippen LogP contribution in [0.1, 0.15) is 65.2 Å². The predicted octanol–water partition coefficient (Wildman–Crippen LogP) is 2.59. The Hall–Kier alpha value is -0.570. The minimum Gasteiger partial charge on any atom is -0.355 e. The second-order valence-corrected chi connectivity index (χ2v) is 5.72. The number of carbonyl (C=O) groups excluding carboxylic acids is 1. The van der Waals surface area contributed by atoms with E-state index in [4.69, 9.17) is 5.73 Å². The highest BCUT2D eigenvalue weighted by Crippen LogP contribution is 2.28. The maximum atomic E-state index is 11.8. The maximum Gasteiger partial charge on any atom is 0.239 e. The Morgan fingerprint density at radius 2 is 2.06 bits per heavy atom. The summed E-state index contributed by atoms with van der Waals surface area (Å²) in [7, 11) is 0. The van der Waals surface area contributed by atoms with Gasteiger partial charge in [-0.1, -0.05) is 39.0 Å². The summed E-state index contributed by atoms with van der Waals surface area (Å²) < 4.78 is 0. The number of amides is 1. The van der Waals surface area contributed by atoms with E-state index in [-0.39, 0.29) is 5.91 Å². The number of nitrogens with one attached hydrogen (secondary N) is 1. The molecule has 0 aromatic rings. The van der Waals surface area contributed by atoms with Gasteiger partial charge in [-0.15, -0.1) is 0 Å². The van der Waals surface area contributed by atoms with Crippen LogP contribution < -0.4 is 11.1 Å². The van der Waals surface area contributed by atoms with Gasteiger partial charge in [-0.05, 0) is 32.1 Å². The van der Waals surface area contributed by atoms with Crippen molar-refractivity contribution in [2.75, 3.05) is 6.54 Å². The molecule has 0 aromatic carbocycles. The first-order chi connectivity index (χ1) is 8.06. The fraction of sp³-hybridized carbons (Fsp3) is 0.929. The lowest BCUT2D eigenvalue weighted by Gasteiger charge is -2.23. The molecular formula is C14H28N2O. The van der Waals surface area contributed by atoms with Crippen molar-refractivity contribution in [3.05, 3.63) is 0 Å². The first-order valence-corrected chi connectivity index (χ1v) is 7.13. The first-order valence-electron chi connectivity index (χ1n) is 7.13. The molecular weight excluding hydrogens is 212 g/mol. The lowest BCUT2D eigenvalue weighted by atomic mass is 9.96. The highest BCUT2D eigenvalue weighted by molar-refractivity contribution is 5.85. The quantitative estimate of drug-likeness (QED) is 0.672. The van der Waals surface area contributed by atoms with E-state index in [0.29, 0.717) is 0 Å². The van der Waals surface area contributed by atoms with Crippen LogP contribution in [0.5, 0.6) is 0 Å². The van der Waals surface area contributed by atoms with E-state index in [1.165, 1.54) is 32.1 Å². The average molecular weight is 240 g/mol. The van der Waals surface area contributed by atoms with Gasteiger partial charge in [0.25, 0.3) is 0 Å². The van der Waals surface area contributed by atoms with Crippen molar-refractivity contribution in [2.45, 2.75) is 70.8 Å². The Kier molecular flexibility index (Phi) is 5.96. The van der Waals surface area contributed by atoms with Crippen molar-refractivity contribution >= 4 is 5.91 Å². The predicted molar refractivity (Wildman–Crippen MR) is 71.7 cm³/mol. The lowest BCUT2D eigenvalue weighted by molar-refractivity contribution is -0.126. The highest BCUT2D eigenvalue weighted by Gasteiger charge is 2.26. The van der Waals surface area contributed by atoms with Gasteiger partial charge >= 0.3 is 0 Å². The summed E-state index contributed by atoms with van der Waals surface area (Å²) >= 11 is 0. The van der Waals surface area contributed by atoms with Crippen molar-refractivity contribution in [1.29, 1.82) is 0 Å². The van der Waals surface area contributed by atoms with Crippen LogP contribution in [0, 0.1) is 5.92 Å². The Bertz CT molecular complexity index is 232. The van der Waals surface area contributed by atoms with Crippen LogP contribution in [0.3, 0.4) is 0 Å². The molecule has 0 saturated heterocycles. The van der Waals surface area contributed by atoms with Crippen LogP contribution in [0.15, 0.2) is 0 Å². The smallest absolute Gasteiger partial charge is 0.239 e. The zero-order valence-corrected chi connectivity index (χ0v) is 11.4. The molecule has 1 unspecified atom stereocenters. The minimum absolute atomic E-state index is 0.00534. The highest BCUT2D eigenvalue weighted by atomic mass is 16.2. The molecule has 1 aliphatic carbocycles. The van der Waals surface area contributed by atoms with Gasteiger partial charge in [0.05, 0.1) is 5.54 Å². The molecule has 3 nitrogen and oxygen atoms in total. The van der Waals surface area contributed by atoms with E-state index in [0.717, 1.165) is 31.7 Å². The van der Waals surface area contributed by atoms with Crippen LogP contribution >= 0.6 is 0 Å². The van der Waals surface area contributed by atoms with E-state index in [2.05, 4.69) is 12.2 Å². The molecule has 0 heterocycles. The number of nitrogens with two attached hydrogens (primary N) is 1. The van der Waals surface area contributed by atoms with Crippen LogP contribution in [-0.4, -0.2) is 18.0 Å². The summed E-state index contributed by atoms with van der Waals surface area (Å²) in [5.41, 5.74) is 5.27. The summed E-state index contributed by atoms with van der Waals surface area (Å²) in [5.74, 6) is 0.914.